The Labute approximate surface area is 148 Å². The first-order chi connectivity index (χ1) is 8.31. The Kier molecular flexibility index (Phi) is 12.9. The fourth-order valence-electron chi connectivity index (χ4n) is 1.79. The molecule has 0 saturated heterocycles. The quantitative estimate of drug-likeness (QED) is 0.587. The summed E-state index contributed by atoms with van der Waals surface area (Å²) in [6.45, 7) is 12.2. The zero-order valence-corrected chi connectivity index (χ0v) is 16.5. The maximum Gasteiger partial charge on any atom is 0.524 e. The summed E-state index contributed by atoms with van der Waals surface area (Å²) in [4.78, 5) is 18.0. The first-order valence-corrected chi connectivity index (χ1v) is 7.74. The number of hydrogen-bond acceptors (Lipinski definition) is 2. The molecule has 0 spiro atoms. The standard InChI is InChI=1S/C14H23O4P.Al.3H2O/c1-13(2,3)10-7-8-12(18-19(15,16)17)11(9-10)14(4,5)6;;;;/h7-9H,1-6H3,(H2,15,16,17);;3*1H2. The van der Waals surface area contributed by atoms with E-state index in [1.165, 1.54) is 0 Å². The van der Waals surface area contributed by atoms with Crippen LogP contribution < -0.4 is 4.52 Å². The molecule has 0 fully saturated rings. The normalized spacial score (nSPS) is 11.1. The third-order valence-electron chi connectivity index (χ3n) is 2.87. The molecule has 0 aromatic heterocycles. The monoisotopic (exact) mass is 367 g/mol. The van der Waals surface area contributed by atoms with Crippen LogP contribution in [0.25, 0.3) is 0 Å². The summed E-state index contributed by atoms with van der Waals surface area (Å²) in [7, 11) is -4.54. The molecule has 23 heavy (non-hydrogen) atoms. The molecule has 0 bridgehead atoms. The third-order valence-corrected chi connectivity index (χ3v) is 3.31. The van der Waals surface area contributed by atoms with Gasteiger partial charge in [0, 0.05) is 22.9 Å². The summed E-state index contributed by atoms with van der Waals surface area (Å²) in [6, 6.07) is 5.45. The maximum absolute atomic E-state index is 11.0. The molecule has 9 heteroatoms. The SMILES string of the molecule is CC(C)(C)c1ccc(OP(=O)(O)O)c(C(C)(C)C)c1.O.O.O.[Al]. The van der Waals surface area contributed by atoms with Crippen LogP contribution in [-0.4, -0.2) is 43.6 Å². The van der Waals surface area contributed by atoms with E-state index in [1.54, 1.807) is 6.07 Å². The van der Waals surface area contributed by atoms with Gasteiger partial charge >= 0.3 is 7.82 Å². The van der Waals surface area contributed by atoms with Crippen LogP contribution in [0.5, 0.6) is 5.75 Å². The Morgan fingerprint density at radius 1 is 0.913 bits per heavy atom. The van der Waals surface area contributed by atoms with E-state index in [0.29, 0.717) is 0 Å². The molecular formula is C14H29AlO7P. The van der Waals surface area contributed by atoms with Gasteiger partial charge in [-0.2, -0.15) is 0 Å². The highest BCUT2D eigenvalue weighted by Crippen LogP contribution is 2.43. The van der Waals surface area contributed by atoms with Crippen LogP contribution in [0, 0.1) is 0 Å². The molecule has 0 aliphatic rings. The predicted octanol–water partition coefficient (Wildman–Crippen LogP) is 0.898. The molecule has 8 N–H and O–H groups in total. The number of rotatable bonds is 2. The van der Waals surface area contributed by atoms with Gasteiger partial charge in [0.25, 0.3) is 0 Å². The summed E-state index contributed by atoms with van der Waals surface area (Å²) in [5, 5.41) is 0. The van der Waals surface area contributed by atoms with Gasteiger partial charge in [-0.25, -0.2) is 4.57 Å². The fourth-order valence-corrected chi connectivity index (χ4v) is 2.21. The van der Waals surface area contributed by atoms with Gasteiger partial charge in [0.15, 0.2) is 0 Å². The van der Waals surface area contributed by atoms with Crippen molar-refractivity contribution in [3.63, 3.8) is 0 Å². The van der Waals surface area contributed by atoms with Crippen LogP contribution >= 0.6 is 7.82 Å². The van der Waals surface area contributed by atoms with E-state index >= 15 is 0 Å². The van der Waals surface area contributed by atoms with Crippen molar-refractivity contribution >= 4 is 25.2 Å². The predicted molar refractivity (Wildman–Crippen MR) is 93.1 cm³/mol. The van der Waals surface area contributed by atoms with E-state index in [4.69, 9.17) is 14.3 Å². The lowest BCUT2D eigenvalue weighted by atomic mass is 9.80. The van der Waals surface area contributed by atoms with Gasteiger partial charge in [0.2, 0.25) is 0 Å². The Balaban J connectivity index is -0.000000451. The number of phosphoric ester groups is 1. The number of hydrogen-bond donors (Lipinski definition) is 2. The van der Waals surface area contributed by atoms with Crippen molar-refractivity contribution in [1.82, 2.24) is 0 Å². The lowest BCUT2D eigenvalue weighted by Gasteiger charge is -2.27. The second-order valence-corrected chi connectivity index (χ2v) is 7.96. The molecule has 1 aromatic carbocycles. The molecule has 0 aliphatic carbocycles. The van der Waals surface area contributed by atoms with E-state index in [0.717, 1.165) is 11.1 Å². The largest absolute Gasteiger partial charge is 0.524 e. The minimum Gasteiger partial charge on any atom is -0.412 e. The molecule has 1 aromatic rings. The van der Waals surface area contributed by atoms with Crippen molar-refractivity contribution in [2.24, 2.45) is 0 Å². The highest BCUT2D eigenvalue weighted by Gasteiger charge is 2.26. The molecule has 0 amide bonds. The minimum absolute atomic E-state index is 0. The molecule has 3 radical (unpaired) electrons. The lowest BCUT2D eigenvalue weighted by Crippen LogP contribution is -2.17. The average molecular weight is 367 g/mol. The Bertz CT molecular complexity index is 515. The molecule has 0 unspecified atom stereocenters. The maximum atomic E-state index is 11.0. The summed E-state index contributed by atoms with van der Waals surface area (Å²) in [5.74, 6) is 0.244. The van der Waals surface area contributed by atoms with Crippen LogP contribution in [-0.2, 0) is 15.4 Å². The summed E-state index contributed by atoms with van der Waals surface area (Å²) in [6.07, 6.45) is 0. The summed E-state index contributed by atoms with van der Waals surface area (Å²) >= 11 is 0. The van der Waals surface area contributed by atoms with Crippen molar-refractivity contribution < 1.29 is 35.3 Å². The van der Waals surface area contributed by atoms with Gasteiger partial charge in [0.1, 0.15) is 5.75 Å². The van der Waals surface area contributed by atoms with Gasteiger partial charge in [0.05, 0.1) is 0 Å². The average Bonchev–Trinajstić information content (AvgIpc) is 2.11. The topological polar surface area (TPSA) is 161 Å². The van der Waals surface area contributed by atoms with Crippen LogP contribution in [0.2, 0.25) is 0 Å². The lowest BCUT2D eigenvalue weighted by molar-refractivity contribution is 0.280. The molecule has 1 rings (SSSR count). The summed E-state index contributed by atoms with van der Waals surface area (Å²) in [5.41, 5.74) is 1.62. The van der Waals surface area contributed by atoms with Gasteiger partial charge in [-0.1, -0.05) is 53.7 Å². The van der Waals surface area contributed by atoms with E-state index in [9.17, 15) is 4.57 Å². The fraction of sp³-hybridized carbons (Fsp3) is 0.571. The molecule has 0 saturated carbocycles. The van der Waals surface area contributed by atoms with Crippen LogP contribution in [0.15, 0.2) is 18.2 Å². The zero-order valence-electron chi connectivity index (χ0n) is 14.5. The van der Waals surface area contributed by atoms with E-state index in [2.05, 4.69) is 20.8 Å². The first kappa shape index (κ1) is 30.5. The Hall–Kier alpha value is -0.418. The molecule has 7 nitrogen and oxygen atoms in total. The second kappa shape index (κ2) is 9.78. The summed E-state index contributed by atoms with van der Waals surface area (Å²) < 4.78 is 15.8. The van der Waals surface area contributed by atoms with Gasteiger partial charge < -0.3 is 21.0 Å². The van der Waals surface area contributed by atoms with E-state index < -0.39 is 7.82 Å². The van der Waals surface area contributed by atoms with Crippen molar-refractivity contribution in [2.45, 2.75) is 52.4 Å². The van der Waals surface area contributed by atoms with Crippen molar-refractivity contribution in [2.75, 3.05) is 0 Å². The Morgan fingerprint density at radius 2 is 1.35 bits per heavy atom. The second-order valence-electron chi connectivity index (χ2n) is 6.79. The first-order valence-electron chi connectivity index (χ1n) is 6.21. The molecule has 0 atom stereocenters. The van der Waals surface area contributed by atoms with Gasteiger partial charge in [-0.15, -0.1) is 0 Å². The van der Waals surface area contributed by atoms with Gasteiger partial charge in [-0.3, -0.25) is 9.79 Å². The van der Waals surface area contributed by atoms with E-state index in [-0.39, 0.29) is 50.4 Å². The molecule has 0 heterocycles. The van der Waals surface area contributed by atoms with Crippen LogP contribution in [0.4, 0.5) is 0 Å². The van der Waals surface area contributed by atoms with Crippen molar-refractivity contribution in [3.05, 3.63) is 29.3 Å². The zero-order chi connectivity index (χ0) is 15.1. The third kappa shape index (κ3) is 9.46. The van der Waals surface area contributed by atoms with Crippen molar-refractivity contribution in [3.8, 4) is 5.75 Å². The number of benzene rings is 1. The smallest absolute Gasteiger partial charge is 0.412 e. The minimum atomic E-state index is -4.54. The number of phosphoric acid groups is 1. The highest BCUT2D eigenvalue weighted by molar-refractivity contribution is 7.46. The molecular weight excluding hydrogens is 338 g/mol. The van der Waals surface area contributed by atoms with Crippen LogP contribution in [0.3, 0.4) is 0 Å². The van der Waals surface area contributed by atoms with Crippen molar-refractivity contribution in [1.29, 1.82) is 0 Å². The van der Waals surface area contributed by atoms with E-state index in [1.807, 2.05) is 32.9 Å². The molecule has 135 valence electrons. The highest BCUT2D eigenvalue weighted by atomic mass is 31.2. The van der Waals surface area contributed by atoms with Crippen LogP contribution in [0.1, 0.15) is 52.7 Å². The molecule has 0 aliphatic heterocycles. The Morgan fingerprint density at radius 3 is 1.65 bits per heavy atom. The van der Waals surface area contributed by atoms with Gasteiger partial charge in [-0.05, 0) is 22.5 Å².